The number of hydrogen-bond donors (Lipinski definition) is 0. The molecule has 4 heteroatoms. The van der Waals surface area contributed by atoms with Crippen molar-refractivity contribution in [2.75, 3.05) is 54.9 Å². The highest BCUT2D eigenvalue weighted by atomic mass is 16.5. The van der Waals surface area contributed by atoms with Gasteiger partial charge in [-0.25, -0.2) is 0 Å². The van der Waals surface area contributed by atoms with Gasteiger partial charge in [-0.05, 0) is 12.8 Å². The van der Waals surface area contributed by atoms with Gasteiger partial charge in [0.15, 0.2) is 0 Å². The molecule has 4 nitrogen and oxygen atoms in total. The molecule has 0 spiro atoms. The third-order valence-corrected chi connectivity index (χ3v) is 3.05. The van der Waals surface area contributed by atoms with E-state index in [9.17, 15) is 0 Å². The van der Waals surface area contributed by atoms with Crippen LogP contribution in [-0.2, 0) is 18.9 Å². The van der Waals surface area contributed by atoms with E-state index >= 15 is 0 Å². The lowest BCUT2D eigenvalue weighted by Crippen LogP contribution is -2.35. The summed E-state index contributed by atoms with van der Waals surface area (Å²) in [6.45, 7) is 7.29. The number of ether oxygens (including phenoxy) is 4. The van der Waals surface area contributed by atoms with Gasteiger partial charge in [-0.2, -0.15) is 0 Å². The van der Waals surface area contributed by atoms with Crippen LogP contribution in [0.25, 0.3) is 0 Å². The molecule has 0 aromatic carbocycles. The molecule has 0 bridgehead atoms. The first-order valence-electron chi connectivity index (χ1n) is 7.12. The summed E-state index contributed by atoms with van der Waals surface area (Å²) in [5.41, 5.74) is 0.0260. The van der Waals surface area contributed by atoms with Crippen molar-refractivity contribution in [1.82, 2.24) is 0 Å². The van der Waals surface area contributed by atoms with Crippen molar-refractivity contribution in [1.29, 1.82) is 0 Å². The Kier molecular flexibility index (Phi) is 49.8. The van der Waals surface area contributed by atoms with E-state index in [1.807, 2.05) is 0 Å². The van der Waals surface area contributed by atoms with E-state index in [2.05, 4.69) is 13.8 Å². The molecule has 0 aromatic heterocycles. The van der Waals surface area contributed by atoms with Gasteiger partial charge in [-0.3, -0.25) is 0 Å². The SMILES string of the molecule is C.C.C.C.CCC(COC)(COC)COC.CCCCCOC. The summed E-state index contributed by atoms with van der Waals surface area (Å²) in [4.78, 5) is 0. The summed E-state index contributed by atoms with van der Waals surface area (Å²) >= 11 is 0. The third kappa shape index (κ3) is 24.2. The maximum atomic E-state index is 5.14. The van der Waals surface area contributed by atoms with Crippen molar-refractivity contribution in [3.05, 3.63) is 0 Å². The van der Waals surface area contributed by atoms with Crippen LogP contribution in [0.4, 0.5) is 0 Å². The lowest BCUT2D eigenvalue weighted by Gasteiger charge is -2.30. The van der Waals surface area contributed by atoms with Crippen molar-refractivity contribution >= 4 is 0 Å². The van der Waals surface area contributed by atoms with Crippen LogP contribution in [0.2, 0.25) is 0 Å². The first kappa shape index (κ1) is 38.4. The summed E-state index contributed by atoms with van der Waals surface area (Å²) in [7, 11) is 6.86. The second-order valence-corrected chi connectivity index (χ2v) is 4.85. The van der Waals surface area contributed by atoms with Gasteiger partial charge in [0.05, 0.1) is 19.8 Å². The minimum Gasteiger partial charge on any atom is -0.385 e. The van der Waals surface area contributed by atoms with Crippen LogP contribution in [0.1, 0.15) is 69.2 Å². The standard InChI is InChI=1S/C9H20O3.C6H14O.4CH4/c1-5-9(6-10-2,7-11-3)8-12-4;1-3-4-5-6-7-2;;;;/h5-8H2,1-4H3;3-6H2,1-2H3;4*1H4. The molecule has 0 radical (unpaired) electrons. The summed E-state index contributed by atoms with van der Waals surface area (Å²) in [6, 6.07) is 0. The molecule has 0 amide bonds. The van der Waals surface area contributed by atoms with Gasteiger partial charge in [-0.1, -0.05) is 56.4 Å². The van der Waals surface area contributed by atoms with Gasteiger partial charge < -0.3 is 18.9 Å². The Morgan fingerprint density at radius 3 is 1.22 bits per heavy atom. The Bertz CT molecular complexity index is 142. The van der Waals surface area contributed by atoms with E-state index in [-0.39, 0.29) is 35.1 Å². The van der Waals surface area contributed by atoms with E-state index in [0.717, 1.165) is 13.0 Å². The molecule has 0 heterocycles. The van der Waals surface area contributed by atoms with Crippen LogP contribution >= 0.6 is 0 Å². The van der Waals surface area contributed by atoms with Crippen LogP contribution in [0, 0.1) is 5.41 Å². The Morgan fingerprint density at radius 1 is 0.609 bits per heavy atom. The first-order valence-corrected chi connectivity index (χ1v) is 7.12. The highest BCUT2D eigenvalue weighted by Crippen LogP contribution is 2.22. The predicted octanol–water partition coefficient (Wildman–Crippen LogP) is 5.69. The topological polar surface area (TPSA) is 36.9 Å². The normalized spacial score (nSPS) is 9.13. The fourth-order valence-corrected chi connectivity index (χ4v) is 1.85. The van der Waals surface area contributed by atoms with E-state index in [1.165, 1.54) is 19.3 Å². The van der Waals surface area contributed by atoms with Gasteiger partial charge in [-0.15, -0.1) is 0 Å². The second kappa shape index (κ2) is 29.8. The van der Waals surface area contributed by atoms with E-state index < -0.39 is 0 Å². The smallest absolute Gasteiger partial charge is 0.0562 e. The van der Waals surface area contributed by atoms with Gasteiger partial charge in [0.1, 0.15) is 0 Å². The molecular formula is C19H50O4. The fourth-order valence-electron chi connectivity index (χ4n) is 1.85. The zero-order valence-electron chi connectivity index (χ0n) is 13.8. The Morgan fingerprint density at radius 2 is 1.00 bits per heavy atom. The molecule has 0 aliphatic heterocycles. The van der Waals surface area contributed by atoms with Crippen LogP contribution in [0.5, 0.6) is 0 Å². The lowest BCUT2D eigenvalue weighted by molar-refractivity contribution is -0.0403. The molecule has 0 saturated carbocycles. The molecule has 0 unspecified atom stereocenters. The number of unbranched alkanes of at least 4 members (excludes halogenated alkanes) is 2. The van der Waals surface area contributed by atoms with Crippen LogP contribution in [-0.4, -0.2) is 54.9 Å². The van der Waals surface area contributed by atoms with Gasteiger partial charge in [0.2, 0.25) is 0 Å². The molecule has 0 fully saturated rings. The fraction of sp³-hybridized carbons (Fsp3) is 1.00. The second-order valence-electron chi connectivity index (χ2n) is 4.85. The molecule has 0 N–H and O–H groups in total. The minimum absolute atomic E-state index is 0. The Balaban J connectivity index is -0.0000000584. The minimum atomic E-state index is 0. The highest BCUT2D eigenvalue weighted by Gasteiger charge is 2.28. The molecule has 0 aromatic rings. The van der Waals surface area contributed by atoms with Gasteiger partial charge in [0, 0.05) is 40.5 Å². The average molecular weight is 343 g/mol. The largest absolute Gasteiger partial charge is 0.385 e. The maximum Gasteiger partial charge on any atom is 0.0562 e. The van der Waals surface area contributed by atoms with Crippen molar-refractivity contribution in [3.8, 4) is 0 Å². The van der Waals surface area contributed by atoms with Crippen molar-refractivity contribution in [2.45, 2.75) is 69.2 Å². The van der Waals surface area contributed by atoms with E-state index in [4.69, 9.17) is 18.9 Å². The molecular weight excluding hydrogens is 292 g/mol. The van der Waals surface area contributed by atoms with Crippen molar-refractivity contribution in [3.63, 3.8) is 0 Å². The average Bonchev–Trinajstić information content (AvgIpc) is 2.41. The highest BCUT2D eigenvalue weighted by molar-refractivity contribution is 4.76. The quantitative estimate of drug-likeness (QED) is 0.452. The van der Waals surface area contributed by atoms with E-state index in [0.29, 0.717) is 19.8 Å². The summed E-state index contributed by atoms with van der Waals surface area (Å²) in [6.07, 6.45) is 4.80. The molecule has 0 saturated heterocycles. The zero-order valence-corrected chi connectivity index (χ0v) is 13.8. The number of hydrogen-bond acceptors (Lipinski definition) is 4. The van der Waals surface area contributed by atoms with Crippen molar-refractivity contribution < 1.29 is 18.9 Å². The monoisotopic (exact) mass is 342 g/mol. The lowest BCUT2D eigenvalue weighted by atomic mass is 9.88. The molecule has 23 heavy (non-hydrogen) atoms. The van der Waals surface area contributed by atoms with Crippen LogP contribution < -0.4 is 0 Å². The maximum absolute atomic E-state index is 5.14. The van der Waals surface area contributed by atoms with Gasteiger partial charge in [0.25, 0.3) is 0 Å². The third-order valence-electron chi connectivity index (χ3n) is 3.05. The zero-order chi connectivity index (χ0) is 15.0. The van der Waals surface area contributed by atoms with Gasteiger partial charge >= 0.3 is 0 Å². The number of methoxy groups -OCH3 is 4. The Labute approximate surface area is 149 Å². The molecule has 0 aliphatic carbocycles. The molecule has 0 aliphatic rings. The van der Waals surface area contributed by atoms with Crippen LogP contribution in [0.3, 0.4) is 0 Å². The first-order chi connectivity index (χ1) is 9.16. The number of rotatable bonds is 11. The van der Waals surface area contributed by atoms with Crippen molar-refractivity contribution in [2.24, 2.45) is 5.41 Å². The van der Waals surface area contributed by atoms with Crippen LogP contribution in [0.15, 0.2) is 0 Å². The predicted molar refractivity (Wildman–Crippen MR) is 107 cm³/mol. The molecule has 150 valence electrons. The summed E-state index contributed by atoms with van der Waals surface area (Å²) in [5, 5.41) is 0. The molecule has 0 rings (SSSR count). The summed E-state index contributed by atoms with van der Waals surface area (Å²) < 4.78 is 20.3. The Hall–Kier alpha value is -0.160. The van der Waals surface area contributed by atoms with E-state index in [1.54, 1.807) is 28.4 Å². The molecule has 0 atom stereocenters. The summed E-state index contributed by atoms with van der Waals surface area (Å²) in [5.74, 6) is 0.